The Hall–Kier alpha value is -4.00. The Kier molecular flexibility index (Phi) is 6.55. The fourth-order valence-corrected chi connectivity index (χ4v) is 3.64. The highest BCUT2D eigenvalue weighted by Gasteiger charge is 2.34. The molecule has 32 heavy (non-hydrogen) atoms. The molecular weight excluding hydrogens is 404 g/mol. The number of nitrogens with zero attached hydrogens (tertiary/aromatic N) is 2. The molecule has 1 fully saturated rings. The van der Waals surface area contributed by atoms with Crippen LogP contribution in [0.3, 0.4) is 0 Å². The Morgan fingerprint density at radius 1 is 0.969 bits per heavy atom. The summed E-state index contributed by atoms with van der Waals surface area (Å²) < 4.78 is 0. The Morgan fingerprint density at radius 2 is 1.75 bits per heavy atom. The van der Waals surface area contributed by atoms with Gasteiger partial charge < -0.3 is 15.5 Å². The molecule has 0 aliphatic carbocycles. The number of benzene rings is 2. The van der Waals surface area contributed by atoms with Gasteiger partial charge in [-0.3, -0.25) is 19.4 Å². The van der Waals surface area contributed by atoms with E-state index in [4.69, 9.17) is 0 Å². The zero-order chi connectivity index (χ0) is 22.3. The number of nitrogens with one attached hydrogen (secondary N) is 2. The lowest BCUT2D eigenvalue weighted by Gasteiger charge is -2.16. The molecule has 3 amide bonds. The summed E-state index contributed by atoms with van der Waals surface area (Å²) in [5.41, 5.74) is 3.10. The second kappa shape index (κ2) is 9.87. The van der Waals surface area contributed by atoms with Gasteiger partial charge in [-0.15, -0.1) is 0 Å². The number of carbonyl (C=O) groups excluding carboxylic acids is 3. The smallest absolute Gasteiger partial charge is 0.257 e. The first-order chi connectivity index (χ1) is 15.6. The number of hydrogen-bond donors (Lipinski definition) is 2. The normalized spacial score (nSPS) is 15.4. The predicted molar refractivity (Wildman–Crippen MR) is 120 cm³/mol. The van der Waals surface area contributed by atoms with Gasteiger partial charge in [0.2, 0.25) is 11.8 Å². The van der Waals surface area contributed by atoms with Gasteiger partial charge in [0.15, 0.2) is 0 Å². The standard InChI is InChI=1S/C25H24N4O3/c30-23-13-21(17-29(23)16-19-5-2-1-3-6-19)24(31)27-14-18-8-10-22(11-9-18)28-25(32)20-7-4-12-26-15-20/h1-12,15,21H,13-14,16-17H2,(H,27,31)(H,28,32). The number of aromatic nitrogens is 1. The molecule has 2 heterocycles. The maximum Gasteiger partial charge on any atom is 0.257 e. The lowest BCUT2D eigenvalue weighted by atomic mass is 10.1. The van der Waals surface area contributed by atoms with Crippen molar-refractivity contribution in [2.24, 2.45) is 5.92 Å². The molecule has 0 radical (unpaired) electrons. The van der Waals surface area contributed by atoms with Gasteiger partial charge in [0.05, 0.1) is 11.5 Å². The van der Waals surface area contributed by atoms with E-state index >= 15 is 0 Å². The molecule has 4 rings (SSSR count). The molecule has 1 aliphatic heterocycles. The van der Waals surface area contributed by atoms with Crippen LogP contribution in [0.25, 0.3) is 0 Å². The van der Waals surface area contributed by atoms with E-state index in [9.17, 15) is 14.4 Å². The van der Waals surface area contributed by atoms with Gasteiger partial charge in [-0.2, -0.15) is 0 Å². The zero-order valence-electron chi connectivity index (χ0n) is 17.5. The second-order valence-electron chi connectivity index (χ2n) is 7.77. The lowest BCUT2D eigenvalue weighted by molar-refractivity contribution is -0.129. The quantitative estimate of drug-likeness (QED) is 0.605. The average Bonchev–Trinajstić information content (AvgIpc) is 3.19. The highest BCUT2D eigenvalue weighted by molar-refractivity contribution is 6.04. The molecule has 0 bridgehead atoms. The van der Waals surface area contributed by atoms with Crippen LogP contribution in [0, 0.1) is 5.92 Å². The SMILES string of the molecule is O=C(Nc1ccc(CNC(=O)C2CC(=O)N(Cc3ccccc3)C2)cc1)c1cccnc1. The van der Waals surface area contributed by atoms with Crippen LogP contribution in [-0.2, 0) is 22.7 Å². The molecule has 1 saturated heterocycles. The first kappa shape index (κ1) is 21.2. The molecule has 1 unspecified atom stereocenters. The van der Waals surface area contributed by atoms with Crippen molar-refractivity contribution < 1.29 is 14.4 Å². The van der Waals surface area contributed by atoms with Gasteiger partial charge in [0.25, 0.3) is 5.91 Å². The molecule has 0 spiro atoms. The predicted octanol–water partition coefficient (Wildman–Crippen LogP) is 3.00. The molecule has 1 aliphatic rings. The number of likely N-dealkylation sites (tertiary alicyclic amines) is 1. The van der Waals surface area contributed by atoms with Crippen LogP contribution in [0.5, 0.6) is 0 Å². The van der Waals surface area contributed by atoms with Crippen molar-refractivity contribution >= 4 is 23.4 Å². The molecule has 162 valence electrons. The Morgan fingerprint density at radius 3 is 2.47 bits per heavy atom. The van der Waals surface area contributed by atoms with Crippen molar-refractivity contribution in [1.29, 1.82) is 0 Å². The molecule has 1 atom stereocenters. The van der Waals surface area contributed by atoms with Gasteiger partial charge in [-0.05, 0) is 35.4 Å². The van der Waals surface area contributed by atoms with Crippen molar-refractivity contribution in [2.45, 2.75) is 19.5 Å². The third-order valence-electron chi connectivity index (χ3n) is 5.40. The van der Waals surface area contributed by atoms with Crippen molar-refractivity contribution in [1.82, 2.24) is 15.2 Å². The van der Waals surface area contributed by atoms with Crippen molar-refractivity contribution in [2.75, 3.05) is 11.9 Å². The molecule has 7 nitrogen and oxygen atoms in total. The fourth-order valence-electron chi connectivity index (χ4n) is 3.64. The number of amides is 3. The van der Waals surface area contributed by atoms with Gasteiger partial charge in [-0.25, -0.2) is 0 Å². The van der Waals surface area contributed by atoms with E-state index in [0.717, 1.165) is 11.1 Å². The Labute approximate surface area is 186 Å². The van der Waals surface area contributed by atoms with Gasteiger partial charge in [0.1, 0.15) is 0 Å². The Balaban J connectivity index is 1.26. The van der Waals surface area contributed by atoms with E-state index in [1.54, 1.807) is 35.4 Å². The molecule has 0 saturated carbocycles. The topological polar surface area (TPSA) is 91.4 Å². The van der Waals surface area contributed by atoms with Gasteiger partial charge in [0, 0.05) is 44.1 Å². The zero-order valence-corrected chi connectivity index (χ0v) is 17.5. The Bertz CT molecular complexity index is 1090. The van der Waals surface area contributed by atoms with E-state index in [1.165, 1.54) is 6.20 Å². The monoisotopic (exact) mass is 428 g/mol. The van der Waals surface area contributed by atoms with Crippen LogP contribution in [0.2, 0.25) is 0 Å². The van der Waals surface area contributed by atoms with Gasteiger partial charge in [-0.1, -0.05) is 42.5 Å². The summed E-state index contributed by atoms with van der Waals surface area (Å²) in [7, 11) is 0. The summed E-state index contributed by atoms with van der Waals surface area (Å²) >= 11 is 0. The largest absolute Gasteiger partial charge is 0.352 e. The maximum atomic E-state index is 12.6. The van der Waals surface area contributed by atoms with E-state index in [0.29, 0.717) is 30.9 Å². The number of carbonyl (C=O) groups is 3. The summed E-state index contributed by atoms with van der Waals surface area (Å²) in [6.45, 7) is 1.31. The van der Waals surface area contributed by atoms with Crippen LogP contribution in [0.15, 0.2) is 79.1 Å². The minimum atomic E-state index is -0.343. The molecule has 7 heteroatoms. The molecule has 2 aromatic carbocycles. The number of rotatable bonds is 7. The van der Waals surface area contributed by atoms with E-state index in [1.807, 2.05) is 42.5 Å². The van der Waals surface area contributed by atoms with Crippen LogP contribution >= 0.6 is 0 Å². The summed E-state index contributed by atoms with van der Waals surface area (Å²) in [6.07, 6.45) is 3.36. The number of hydrogen-bond acceptors (Lipinski definition) is 4. The first-order valence-electron chi connectivity index (χ1n) is 10.5. The average molecular weight is 428 g/mol. The van der Waals surface area contributed by atoms with Crippen LogP contribution < -0.4 is 10.6 Å². The minimum Gasteiger partial charge on any atom is -0.352 e. The van der Waals surface area contributed by atoms with E-state index in [2.05, 4.69) is 15.6 Å². The molecule has 2 N–H and O–H groups in total. The number of anilines is 1. The molecular formula is C25H24N4O3. The summed E-state index contributed by atoms with van der Waals surface area (Å²) in [4.78, 5) is 42.7. The molecule has 1 aromatic heterocycles. The van der Waals surface area contributed by atoms with Crippen molar-refractivity contribution in [3.63, 3.8) is 0 Å². The van der Waals surface area contributed by atoms with Gasteiger partial charge >= 0.3 is 0 Å². The summed E-state index contributed by atoms with van der Waals surface area (Å²) in [5.74, 6) is -0.694. The summed E-state index contributed by atoms with van der Waals surface area (Å²) in [6, 6.07) is 20.4. The van der Waals surface area contributed by atoms with Crippen LogP contribution in [0.1, 0.15) is 27.9 Å². The van der Waals surface area contributed by atoms with Crippen molar-refractivity contribution in [3.05, 3.63) is 95.8 Å². The van der Waals surface area contributed by atoms with Crippen LogP contribution in [-0.4, -0.2) is 34.2 Å². The van der Waals surface area contributed by atoms with Crippen LogP contribution in [0.4, 0.5) is 5.69 Å². The lowest BCUT2D eigenvalue weighted by Crippen LogP contribution is -2.32. The van der Waals surface area contributed by atoms with E-state index in [-0.39, 0.29) is 30.1 Å². The van der Waals surface area contributed by atoms with E-state index < -0.39 is 0 Å². The second-order valence-corrected chi connectivity index (χ2v) is 7.77. The first-order valence-corrected chi connectivity index (χ1v) is 10.5. The minimum absolute atomic E-state index is 0.00251. The molecule has 3 aromatic rings. The number of pyridine rings is 1. The highest BCUT2D eigenvalue weighted by Crippen LogP contribution is 2.20. The third-order valence-corrected chi connectivity index (χ3v) is 5.40. The highest BCUT2D eigenvalue weighted by atomic mass is 16.2. The third kappa shape index (κ3) is 5.37. The maximum absolute atomic E-state index is 12.6. The fraction of sp³-hybridized carbons (Fsp3) is 0.200. The van der Waals surface area contributed by atoms with Crippen molar-refractivity contribution in [3.8, 4) is 0 Å². The summed E-state index contributed by atoms with van der Waals surface area (Å²) in [5, 5.41) is 5.73.